The van der Waals surface area contributed by atoms with Crippen LogP contribution in [0.5, 0.6) is 0 Å². The maximum absolute atomic E-state index is 11.5. The van der Waals surface area contributed by atoms with E-state index in [1.54, 1.807) is 30.3 Å². The first kappa shape index (κ1) is 18.1. The summed E-state index contributed by atoms with van der Waals surface area (Å²) in [6.07, 6.45) is 0. The molecule has 122 valence electrons. The number of carbonyl (C=O) groups is 2. The minimum absolute atomic E-state index is 0.0234. The lowest BCUT2D eigenvalue weighted by molar-refractivity contribution is -0.160. The van der Waals surface area contributed by atoms with E-state index in [0.29, 0.717) is 5.56 Å². The molecule has 1 aromatic rings. The van der Waals surface area contributed by atoms with Crippen molar-refractivity contribution in [2.75, 3.05) is 26.3 Å². The van der Waals surface area contributed by atoms with Crippen LogP contribution in [-0.2, 0) is 15.3 Å². The van der Waals surface area contributed by atoms with Crippen LogP contribution in [0.1, 0.15) is 5.56 Å². The summed E-state index contributed by atoms with van der Waals surface area (Å²) in [6, 6.07) is 8.16. The van der Waals surface area contributed by atoms with E-state index in [-0.39, 0.29) is 26.3 Å². The molecule has 0 spiro atoms. The zero-order valence-corrected chi connectivity index (χ0v) is 11.9. The van der Waals surface area contributed by atoms with E-state index in [0.717, 1.165) is 0 Å². The second-order valence-corrected chi connectivity index (χ2v) is 4.58. The molecule has 0 saturated heterocycles. The van der Waals surface area contributed by atoms with Crippen molar-refractivity contribution in [1.82, 2.24) is 10.6 Å². The molecule has 0 unspecified atom stereocenters. The molecule has 6 N–H and O–H groups in total. The minimum Gasteiger partial charge on any atom is -0.480 e. The van der Waals surface area contributed by atoms with Gasteiger partial charge in [-0.05, 0) is 5.56 Å². The zero-order valence-electron chi connectivity index (χ0n) is 11.9. The molecule has 0 heterocycles. The monoisotopic (exact) mass is 312 g/mol. The van der Waals surface area contributed by atoms with Gasteiger partial charge in [-0.1, -0.05) is 30.3 Å². The number of hydrogen-bond acceptors (Lipinski definition) is 6. The molecule has 0 fully saturated rings. The van der Waals surface area contributed by atoms with Gasteiger partial charge in [0.1, 0.15) is 5.66 Å². The summed E-state index contributed by atoms with van der Waals surface area (Å²) >= 11 is 0. The summed E-state index contributed by atoms with van der Waals surface area (Å²) in [7, 11) is 0. The van der Waals surface area contributed by atoms with Crippen molar-refractivity contribution in [1.29, 1.82) is 0 Å². The molecule has 0 amide bonds. The summed E-state index contributed by atoms with van der Waals surface area (Å²) in [4.78, 5) is 23.0. The van der Waals surface area contributed by atoms with Gasteiger partial charge in [0.05, 0.1) is 13.2 Å². The van der Waals surface area contributed by atoms with Gasteiger partial charge in [0.2, 0.25) is 0 Å². The molecular weight excluding hydrogens is 292 g/mol. The van der Waals surface area contributed by atoms with Gasteiger partial charge in [-0.3, -0.25) is 20.2 Å². The average molecular weight is 312 g/mol. The van der Waals surface area contributed by atoms with Gasteiger partial charge in [-0.15, -0.1) is 0 Å². The highest BCUT2D eigenvalue weighted by Gasteiger charge is 2.48. The first-order chi connectivity index (χ1) is 10.5. The van der Waals surface area contributed by atoms with E-state index < -0.39 is 23.5 Å². The number of nitrogens with one attached hydrogen (secondary N) is 2. The van der Waals surface area contributed by atoms with Crippen LogP contribution in [0.2, 0.25) is 0 Å². The number of hydrogen-bond donors (Lipinski definition) is 6. The van der Waals surface area contributed by atoms with Gasteiger partial charge in [0.15, 0.2) is 5.92 Å². The van der Waals surface area contributed by atoms with E-state index in [1.165, 1.54) is 0 Å². The Bertz CT molecular complexity index is 471. The van der Waals surface area contributed by atoms with Gasteiger partial charge in [0.25, 0.3) is 0 Å². The Labute approximate surface area is 127 Å². The molecule has 0 saturated carbocycles. The average Bonchev–Trinajstić information content (AvgIpc) is 2.50. The van der Waals surface area contributed by atoms with Crippen LogP contribution in [0, 0.1) is 5.92 Å². The zero-order chi connectivity index (χ0) is 16.6. The normalized spacial score (nSPS) is 11.6. The lowest BCUT2D eigenvalue weighted by Crippen LogP contribution is -2.64. The Hall–Kier alpha value is -2.00. The predicted molar refractivity (Wildman–Crippen MR) is 77.1 cm³/mol. The highest BCUT2D eigenvalue weighted by molar-refractivity contribution is 5.94. The molecule has 1 aromatic carbocycles. The lowest BCUT2D eigenvalue weighted by atomic mass is 9.85. The van der Waals surface area contributed by atoms with E-state index >= 15 is 0 Å². The van der Waals surface area contributed by atoms with Gasteiger partial charge in [-0.25, -0.2) is 0 Å². The number of rotatable bonds is 10. The van der Waals surface area contributed by atoms with Crippen molar-refractivity contribution in [2.24, 2.45) is 5.92 Å². The van der Waals surface area contributed by atoms with Crippen molar-refractivity contribution in [3.8, 4) is 0 Å². The summed E-state index contributed by atoms with van der Waals surface area (Å²) in [5, 5.41) is 42.3. The van der Waals surface area contributed by atoms with E-state index in [4.69, 9.17) is 10.2 Å². The quantitative estimate of drug-likeness (QED) is 0.234. The fourth-order valence-corrected chi connectivity index (χ4v) is 2.32. The van der Waals surface area contributed by atoms with Crippen LogP contribution in [0.25, 0.3) is 0 Å². The van der Waals surface area contributed by atoms with E-state index in [2.05, 4.69) is 10.6 Å². The molecular formula is C14H20N2O6. The Morgan fingerprint density at radius 2 is 1.41 bits per heavy atom. The van der Waals surface area contributed by atoms with Crippen LogP contribution in [-0.4, -0.2) is 58.7 Å². The Morgan fingerprint density at radius 3 is 1.77 bits per heavy atom. The number of benzene rings is 1. The van der Waals surface area contributed by atoms with Crippen molar-refractivity contribution < 1.29 is 30.0 Å². The largest absolute Gasteiger partial charge is 0.480 e. The second kappa shape index (κ2) is 8.44. The molecule has 8 nitrogen and oxygen atoms in total. The van der Waals surface area contributed by atoms with Crippen LogP contribution in [0.3, 0.4) is 0 Å². The number of carboxylic acids is 2. The van der Waals surface area contributed by atoms with Crippen molar-refractivity contribution in [3.63, 3.8) is 0 Å². The van der Waals surface area contributed by atoms with Crippen LogP contribution < -0.4 is 10.6 Å². The topological polar surface area (TPSA) is 139 Å². The van der Waals surface area contributed by atoms with Crippen molar-refractivity contribution >= 4 is 11.9 Å². The van der Waals surface area contributed by atoms with Crippen molar-refractivity contribution in [2.45, 2.75) is 5.66 Å². The third-order valence-electron chi connectivity index (χ3n) is 3.19. The Balaban J connectivity index is 3.41. The highest BCUT2D eigenvalue weighted by atomic mass is 16.4. The third kappa shape index (κ3) is 4.01. The maximum Gasteiger partial charge on any atom is 0.321 e. The number of aliphatic hydroxyl groups excluding tert-OH is 2. The summed E-state index contributed by atoms with van der Waals surface area (Å²) in [5.41, 5.74) is -1.28. The van der Waals surface area contributed by atoms with Crippen LogP contribution >= 0.6 is 0 Å². The molecule has 22 heavy (non-hydrogen) atoms. The number of aliphatic carboxylic acids is 2. The Morgan fingerprint density at radius 1 is 0.955 bits per heavy atom. The van der Waals surface area contributed by atoms with Crippen LogP contribution in [0.15, 0.2) is 30.3 Å². The first-order valence-electron chi connectivity index (χ1n) is 6.72. The van der Waals surface area contributed by atoms with Gasteiger partial charge < -0.3 is 20.4 Å². The Kier molecular flexibility index (Phi) is 6.93. The standard InChI is InChI=1S/C14H20N2O6/c17-8-6-15-14(16-7-9-18,10-4-2-1-3-5-10)11(12(19)20)13(21)22/h1-5,11,15-18H,6-9H2,(H,19,20)(H,21,22). The molecule has 0 bridgehead atoms. The molecule has 0 atom stereocenters. The summed E-state index contributed by atoms with van der Waals surface area (Å²) in [5.74, 6) is -4.92. The van der Waals surface area contributed by atoms with Gasteiger partial charge in [-0.2, -0.15) is 0 Å². The summed E-state index contributed by atoms with van der Waals surface area (Å²) < 4.78 is 0. The number of carboxylic acid groups (broad SMARTS) is 2. The molecule has 0 aliphatic heterocycles. The molecule has 1 rings (SSSR count). The van der Waals surface area contributed by atoms with E-state index in [9.17, 15) is 19.8 Å². The predicted octanol–water partition coefficient (Wildman–Crippen LogP) is -1.21. The second-order valence-electron chi connectivity index (χ2n) is 4.58. The minimum atomic E-state index is -1.85. The van der Waals surface area contributed by atoms with Gasteiger partial charge in [0, 0.05) is 13.1 Å². The smallest absolute Gasteiger partial charge is 0.321 e. The number of aliphatic hydroxyl groups is 2. The highest BCUT2D eigenvalue weighted by Crippen LogP contribution is 2.28. The fraction of sp³-hybridized carbons (Fsp3) is 0.429. The molecule has 0 aliphatic carbocycles. The third-order valence-corrected chi connectivity index (χ3v) is 3.19. The maximum atomic E-state index is 11.5. The summed E-state index contributed by atoms with van der Waals surface area (Å²) in [6.45, 7) is -0.655. The molecule has 0 aliphatic rings. The molecule has 8 heteroatoms. The van der Waals surface area contributed by atoms with Crippen molar-refractivity contribution in [3.05, 3.63) is 35.9 Å². The molecule has 0 aromatic heterocycles. The van der Waals surface area contributed by atoms with Gasteiger partial charge >= 0.3 is 11.9 Å². The van der Waals surface area contributed by atoms with E-state index in [1.807, 2.05) is 0 Å². The molecule has 0 radical (unpaired) electrons. The SMILES string of the molecule is O=C(O)C(C(=O)O)C(NCCO)(NCCO)c1ccccc1. The lowest BCUT2D eigenvalue weighted by Gasteiger charge is -2.39. The van der Waals surface area contributed by atoms with Crippen LogP contribution in [0.4, 0.5) is 0 Å². The fourth-order valence-electron chi connectivity index (χ4n) is 2.32. The first-order valence-corrected chi connectivity index (χ1v) is 6.72.